The molecule has 1 saturated heterocycles. The highest BCUT2D eigenvalue weighted by molar-refractivity contribution is 5.85. The summed E-state index contributed by atoms with van der Waals surface area (Å²) in [7, 11) is 0. The molecule has 1 fully saturated rings. The lowest BCUT2D eigenvalue weighted by atomic mass is 10.0. The summed E-state index contributed by atoms with van der Waals surface area (Å²) in [6.45, 7) is 5.14. The molecule has 2 atom stereocenters. The van der Waals surface area contributed by atoms with Crippen LogP contribution in [0.5, 0.6) is 0 Å². The first kappa shape index (κ1) is 16.0. The Bertz CT molecular complexity index is 399. The highest BCUT2D eigenvalue weighted by Crippen LogP contribution is 2.15. The topological polar surface area (TPSA) is 41.1 Å². The third-order valence-electron chi connectivity index (χ3n) is 3.62. The normalized spacial score (nSPS) is 19.6. The van der Waals surface area contributed by atoms with Crippen molar-refractivity contribution in [2.75, 3.05) is 6.54 Å². The minimum atomic E-state index is 0. The largest absolute Gasteiger partial charge is 0.348 e. The molecule has 106 valence electrons. The second kappa shape index (κ2) is 7.51. The average Bonchev–Trinajstić information content (AvgIpc) is 2.92. The van der Waals surface area contributed by atoms with Gasteiger partial charge in [-0.2, -0.15) is 0 Å². The van der Waals surface area contributed by atoms with Gasteiger partial charge < -0.3 is 10.6 Å². The minimum absolute atomic E-state index is 0. The molecule has 1 heterocycles. The summed E-state index contributed by atoms with van der Waals surface area (Å²) in [4.78, 5) is 12.0. The summed E-state index contributed by atoms with van der Waals surface area (Å²) >= 11 is 0. The number of carbonyl (C=O) groups is 1. The highest BCUT2D eigenvalue weighted by Gasteiger charge is 2.23. The van der Waals surface area contributed by atoms with Crippen LogP contribution >= 0.6 is 12.4 Å². The first-order valence-electron chi connectivity index (χ1n) is 6.83. The monoisotopic (exact) mass is 282 g/mol. The molecule has 0 saturated carbocycles. The molecule has 0 aromatic heterocycles. The van der Waals surface area contributed by atoms with Crippen molar-refractivity contribution in [1.29, 1.82) is 0 Å². The molecule has 4 heteroatoms. The van der Waals surface area contributed by atoms with Gasteiger partial charge in [-0.1, -0.05) is 31.2 Å². The number of hydrogen-bond donors (Lipinski definition) is 2. The van der Waals surface area contributed by atoms with Crippen LogP contribution in [0, 0.1) is 0 Å². The number of nitrogens with one attached hydrogen (secondary N) is 2. The highest BCUT2D eigenvalue weighted by atomic mass is 35.5. The van der Waals surface area contributed by atoms with E-state index in [1.807, 2.05) is 6.92 Å². The van der Waals surface area contributed by atoms with Gasteiger partial charge in [0.1, 0.15) is 0 Å². The van der Waals surface area contributed by atoms with Gasteiger partial charge in [-0.05, 0) is 43.9 Å². The van der Waals surface area contributed by atoms with Crippen molar-refractivity contribution in [3.05, 3.63) is 35.4 Å². The quantitative estimate of drug-likeness (QED) is 0.891. The van der Waals surface area contributed by atoms with E-state index in [9.17, 15) is 4.79 Å². The van der Waals surface area contributed by atoms with Gasteiger partial charge in [0.05, 0.1) is 12.1 Å². The minimum Gasteiger partial charge on any atom is -0.348 e. The van der Waals surface area contributed by atoms with E-state index in [-0.39, 0.29) is 30.4 Å². The van der Waals surface area contributed by atoms with E-state index in [1.54, 1.807) is 0 Å². The molecule has 3 nitrogen and oxygen atoms in total. The summed E-state index contributed by atoms with van der Waals surface area (Å²) in [5.74, 6) is 0.125. The summed E-state index contributed by atoms with van der Waals surface area (Å²) < 4.78 is 0. The van der Waals surface area contributed by atoms with Crippen LogP contribution in [0.2, 0.25) is 0 Å². The van der Waals surface area contributed by atoms with Crippen molar-refractivity contribution >= 4 is 18.3 Å². The molecule has 1 aromatic carbocycles. The molecule has 0 aliphatic carbocycles. The van der Waals surface area contributed by atoms with Crippen LogP contribution in [0.1, 0.15) is 43.9 Å². The maximum Gasteiger partial charge on any atom is 0.237 e. The molecule has 1 aliphatic heterocycles. The maximum absolute atomic E-state index is 12.0. The number of aryl methyl sites for hydroxylation is 1. The fourth-order valence-electron chi connectivity index (χ4n) is 2.35. The van der Waals surface area contributed by atoms with Crippen molar-refractivity contribution in [1.82, 2.24) is 10.6 Å². The Hall–Kier alpha value is -1.06. The molecule has 0 spiro atoms. The standard InChI is InChI=1S/C15H22N2O.ClH/c1-3-12-6-8-13(9-7-12)11(2)17-15(18)14-5-4-10-16-14;/h6-9,11,14,16H,3-5,10H2,1-2H3,(H,17,18);1H/t11?,14-;/m0./s1. The van der Waals surface area contributed by atoms with Crippen LogP contribution in [0.4, 0.5) is 0 Å². The van der Waals surface area contributed by atoms with Crippen LogP contribution in [-0.2, 0) is 11.2 Å². The van der Waals surface area contributed by atoms with Crippen molar-refractivity contribution in [3.63, 3.8) is 0 Å². The summed E-state index contributed by atoms with van der Waals surface area (Å²) in [6.07, 6.45) is 3.10. The predicted octanol–water partition coefficient (Wildman–Crippen LogP) is 2.60. The first-order valence-corrected chi connectivity index (χ1v) is 6.83. The van der Waals surface area contributed by atoms with Gasteiger partial charge in [0.15, 0.2) is 0 Å². The van der Waals surface area contributed by atoms with E-state index in [0.717, 1.165) is 25.8 Å². The van der Waals surface area contributed by atoms with Crippen LogP contribution in [-0.4, -0.2) is 18.5 Å². The maximum atomic E-state index is 12.0. The number of amides is 1. The van der Waals surface area contributed by atoms with Crippen molar-refractivity contribution in [3.8, 4) is 0 Å². The zero-order valence-electron chi connectivity index (χ0n) is 11.6. The lowest BCUT2D eigenvalue weighted by molar-refractivity contribution is -0.123. The van der Waals surface area contributed by atoms with Gasteiger partial charge in [0, 0.05) is 0 Å². The molecular formula is C15H23ClN2O. The SMILES string of the molecule is CCc1ccc(C(C)NC(=O)[C@@H]2CCCN2)cc1.Cl. The molecular weight excluding hydrogens is 260 g/mol. The molecule has 2 rings (SSSR count). The van der Waals surface area contributed by atoms with Crippen LogP contribution in [0.25, 0.3) is 0 Å². The zero-order chi connectivity index (χ0) is 13.0. The van der Waals surface area contributed by atoms with E-state index in [1.165, 1.54) is 11.1 Å². The number of hydrogen-bond acceptors (Lipinski definition) is 2. The second-order valence-corrected chi connectivity index (χ2v) is 4.97. The number of rotatable bonds is 4. The van der Waals surface area contributed by atoms with E-state index >= 15 is 0 Å². The molecule has 19 heavy (non-hydrogen) atoms. The third-order valence-corrected chi connectivity index (χ3v) is 3.62. The molecule has 0 bridgehead atoms. The van der Waals surface area contributed by atoms with Crippen molar-refractivity contribution < 1.29 is 4.79 Å². The smallest absolute Gasteiger partial charge is 0.237 e. The molecule has 2 N–H and O–H groups in total. The van der Waals surface area contributed by atoms with E-state index in [4.69, 9.17) is 0 Å². The lowest BCUT2D eigenvalue weighted by Gasteiger charge is -2.17. The molecule has 0 radical (unpaired) electrons. The summed E-state index contributed by atoms with van der Waals surface area (Å²) in [6, 6.07) is 8.54. The fraction of sp³-hybridized carbons (Fsp3) is 0.533. The Kier molecular flexibility index (Phi) is 6.32. The van der Waals surface area contributed by atoms with Crippen molar-refractivity contribution in [2.45, 2.75) is 45.2 Å². The van der Waals surface area contributed by atoms with Crippen LogP contribution in [0.15, 0.2) is 24.3 Å². The van der Waals surface area contributed by atoms with Gasteiger partial charge in [-0.25, -0.2) is 0 Å². The van der Waals surface area contributed by atoms with E-state index in [2.05, 4.69) is 41.8 Å². The van der Waals surface area contributed by atoms with Gasteiger partial charge in [-0.3, -0.25) is 4.79 Å². The number of halogens is 1. The third kappa shape index (κ3) is 4.22. The summed E-state index contributed by atoms with van der Waals surface area (Å²) in [5.41, 5.74) is 2.49. The van der Waals surface area contributed by atoms with Gasteiger partial charge in [-0.15, -0.1) is 12.4 Å². The molecule has 1 amide bonds. The van der Waals surface area contributed by atoms with Gasteiger partial charge >= 0.3 is 0 Å². The Morgan fingerprint density at radius 2 is 2.11 bits per heavy atom. The average molecular weight is 283 g/mol. The zero-order valence-corrected chi connectivity index (χ0v) is 12.4. The molecule has 1 aliphatic rings. The van der Waals surface area contributed by atoms with Crippen molar-refractivity contribution in [2.24, 2.45) is 0 Å². The predicted molar refractivity (Wildman–Crippen MR) is 80.7 cm³/mol. The number of carbonyl (C=O) groups excluding carboxylic acids is 1. The fourth-order valence-corrected chi connectivity index (χ4v) is 2.35. The molecule has 1 unspecified atom stereocenters. The Balaban J connectivity index is 0.00000180. The Morgan fingerprint density at radius 3 is 2.63 bits per heavy atom. The Labute approximate surface area is 121 Å². The molecule has 1 aromatic rings. The summed E-state index contributed by atoms with van der Waals surface area (Å²) in [5, 5.41) is 6.29. The van der Waals surface area contributed by atoms with Crippen LogP contribution in [0.3, 0.4) is 0 Å². The van der Waals surface area contributed by atoms with Crippen LogP contribution < -0.4 is 10.6 Å². The number of benzene rings is 1. The van der Waals surface area contributed by atoms with Gasteiger partial charge in [0.25, 0.3) is 0 Å². The Morgan fingerprint density at radius 1 is 1.42 bits per heavy atom. The van der Waals surface area contributed by atoms with E-state index in [0.29, 0.717) is 0 Å². The second-order valence-electron chi connectivity index (χ2n) is 4.97. The van der Waals surface area contributed by atoms with E-state index < -0.39 is 0 Å². The van der Waals surface area contributed by atoms with Gasteiger partial charge in [0.2, 0.25) is 5.91 Å². The first-order chi connectivity index (χ1) is 8.70. The lowest BCUT2D eigenvalue weighted by Crippen LogP contribution is -2.41.